The van der Waals surface area contributed by atoms with Crippen LogP contribution in [-0.4, -0.2) is 15.9 Å². The summed E-state index contributed by atoms with van der Waals surface area (Å²) >= 11 is 0. The molecule has 20 heavy (non-hydrogen) atoms. The molecule has 1 aromatic heterocycles. The van der Waals surface area contributed by atoms with Crippen molar-refractivity contribution in [3.05, 3.63) is 47.0 Å². The lowest BCUT2D eigenvalue weighted by atomic mass is 9.72. The Bertz CT molecular complexity index is 712. The van der Waals surface area contributed by atoms with Gasteiger partial charge in [0.05, 0.1) is 12.6 Å². The average molecular weight is 269 g/mol. The lowest BCUT2D eigenvalue weighted by molar-refractivity contribution is 0.0676. The molecule has 3 heterocycles. The molecule has 1 aliphatic carbocycles. The van der Waals surface area contributed by atoms with Crippen molar-refractivity contribution >= 4 is 0 Å². The minimum absolute atomic E-state index is 0.0404. The van der Waals surface area contributed by atoms with Gasteiger partial charge in [-0.3, -0.25) is 4.68 Å². The maximum atomic E-state index is 14.1. The topological polar surface area (TPSA) is 50.8 Å². The van der Waals surface area contributed by atoms with E-state index in [-0.39, 0.29) is 11.7 Å². The molecule has 1 saturated carbocycles. The smallest absolute Gasteiger partial charge is 0.145 e. The van der Waals surface area contributed by atoms with Crippen LogP contribution in [0, 0.1) is 17.1 Å². The Morgan fingerprint density at radius 3 is 3.05 bits per heavy atom. The molecular weight excluding hydrogens is 257 g/mol. The quantitative estimate of drug-likeness (QED) is 0.842. The third-order valence-corrected chi connectivity index (χ3v) is 4.15. The van der Waals surface area contributed by atoms with Crippen LogP contribution < -0.4 is 4.74 Å². The summed E-state index contributed by atoms with van der Waals surface area (Å²) in [6, 6.07) is 5.22. The van der Waals surface area contributed by atoms with Gasteiger partial charge in [0.25, 0.3) is 0 Å². The molecule has 2 aliphatic heterocycles. The predicted octanol–water partition coefficient (Wildman–Crippen LogP) is 2.58. The van der Waals surface area contributed by atoms with Crippen molar-refractivity contribution in [1.29, 1.82) is 5.26 Å². The molecule has 0 amide bonds. The molecule has 0 saturated heterocycles. The second-order valence-corrected chi connectivity index (χ2v) is 5.36. The Kier molecular flexibility index (Phi) is 2.34. The Morgan fingerprint density at radius 2 is 2.35 bits per heavy atom. The highest BCUT2D eigenvalue weighted by Gasteiger charge is 2.42. The van der Waals surface area contributed by atoms with Crippen molar-refractivity contribution in [1.82, 2.24) is 9.78 Å². The summed E-state index contributed by atoms with van der Waals surface area (Å²) in [5.41, 5.74) is 1.91. The number of aromatic nitrogens is 2. The van der Waals surface area contributed by atoms with E-state index in [4.69, 9.17) is 10.00 Å². The summed E-state index contributed by atoms with van der Waals surface area (Å²) in [6.07, 6.45) is 5.63. The molecule has 5 rings (SSSR count). The summed E-state index contributed by atoms with van der Waals surface area (Å²) < 4.78 is 21.6. The zero-order valence-corrected chi connectivity index (χ0v) is 10.7. The summed E-state index contributed by atoms with van der Waals surface area (Å²) in [7, 11) is 0. The van der Waals surface area contributed by atoms with E-state index in [9.17, 15) is 4.39 Å². The molecular formula is C15H12FN3O. The number of benzene rings is 1. The zero-order chi connectivity index (χ0) is 13.7. The second-order valence-electron chi connectivity index (χ2n) is 5.36. The Hall–Kier alpha value is -2.35. The summed E-state index contributed by atoms with van der Waals surface area (Å²) in [4.78, 5) is 0. The Balaban J connectivity index is 1.87. The second kappa shape index (κ2) is 4.07. The first kappa shape index (κ1) is 11.5. The lowest BCUT2D eigenvalue weighted by Crippen LogP contribution is -2.38. The first-order chi connectivity index (χ1) is 9.76. The first-order valence-electron chi connectivity index (χ1n) is 6.65. The molecule has 1 fully saturated rings. The van der Waals surface area contributed by atoms with Crippen LogP contribution in [0.1, 0.15) is 35.4 Å². The molecule has 4 nitrogen and oxygen atoms in total. The minimum Gasteiger partial charge on any atom is -0.489 e. The fourth-order valence-electron chi connectivity index (χ4n) is 3.13. The summed E-state index contributed by atoms with van der Waals surface area (Å²) in [5.74, 6) is 0.346. The van der Waals surface area contributed by atoms with Gasteiger partial charge in [-0.2, -0.15) is 10.4 Å². The number of nitriles is 1. The molecule has 0 spiro atoms. The van der Waals surface area contributed by atoms with Crippen LogP contribution in [0.15, 0.2) is 24.5 Å². The minimum atomic E-state index is -0.505. The SMILES string of the molecule is N#Cc1c(F)cc(Cn2cccn2)c2c1OC1CC2C1. The Morgan fingerprint density at radius 1 is 1.50 bits per heavy atom. The van der Waals surface area contributed by atoms with Crippen LogP contribution in [-0.2, 0) is 6.54 Å². The maximum absolute atomic E-state index is 14.1. The molecule has 0 N–H and O–H groups in total. The van der Waals surface area contributed by atoms with Crippen molar-refractivity contribution in [3.8, 4) is 11.8 Å². The van der Waals surface area contributed by atoms with Crippen molar-refractivity contribution in [2.24, 2.45) is 0 Å². The third kappa shape index (κ3) is 1.54. The van der Waals surface area contributed by atoms with Crippen LogP contribution in [0.2, 0.25) is 0 Å². The molecule has 5 heteroatoms. The van der Waals surface area contributed by atoms with Gasteiger partial charge in [-0.1, -0.05) is 0 Å². The largest absolute Gasteiger partial charge is 0.489 e. The number of ether oxygens (including phenoxy) is 1. The van der Waals surface area contributed by atoms with Crippen molar-refractivity contribution in [2.75, 3.05) is 0 Å². The molecule has 0 radical (unpaired) electrons. The van der Waals surface area contributed by atoms with Crippen molar-refractivity contribution in [2.45, 2.75) is 31.4 Å². The number of hydrogen-bond acceptors (Lipinski definition) is 3. The molecule has 100 valence electrons. The van der Waals surface area contributed by atoms with Gasteiger partial charge in [0.2, 0.25) is 0 Å². The standard InChI is InChI=1S/C15H12FN3O/c16-13-6-10(8-19-3-1-2-18-19)14-9-4-11(5-9)20-15(14)12(13)7-17/h1-3,6,9,11H,4-5,8H2. The van der Waals surface area contributed by atoms with Gasteiger partial charge in [-0.05, 0) is 36.5 Å². The number of hydrogen-bond donors (Lipinski definition) is 0. The maximum Gasteiger partial charge on any atom is 0.145 e. The molecule has 0 atom stereocenters. The fourth-order valence-corrected chi connectivity index (χ4v) is 3.13. The van der Waals surface area contributed by atoms with E-state index in [1.165, 1.54) is 6.07 Å². The monoisotopic (exact) mass is 269 g/mol. The van der Waals surface area contributed by atoms with Gasteiger partial charge < -0.3 is 4.74 Å². The van der Waals surface area contributed by atoms with E-state index in [0.717, 1.165) is 24.0 Å². The molecule has 2 aromatic rings. The number of nitrogens with zero attached hydrogens (tertiary/aromatic N) is 3. The van der Waals surface area contributed by atoms with E-state index in [1.54, 1.807) is 10.9 Å². The van der Waals surface area contributed by atoms with Gasteiger partial charge in [0.15, 0.2) is 0 Å². The molecule has 1 aromatic carbocycles. The first-order valence-corrected chi connectivity index (χ1v) is 6.65. The van der Waals surface area contributed by atoms with Gasteiger partial charge in [0.1, 0.15) is 23.2 Å². The zero-order valence-electron chi connectivity index (χ0n) is 10.7. The lowest BCUT2D eigenvalue weighted by Gasteiger charge is -2.43. The molecule has 2 bridgehead atoms. The fraction of sp³-hybridized carbons (Fsp3) is 0.333. The van der Waals surface area contributed by atoms with Crippen LogP contribution in [0.5, 0.6) is 5.75 Å². The van der Waals surface area contributed by atoms with Crippen molar-refractivity contribution in [3.63, 3.8) is 0 Å². The highest BCUT2D eigenvalue weighted by Crippen LogP contribution is 2.51. The predicted molar refractivity (Wildman–Crippen MR) is 68.8 cm³/mol. The van der Waals surface area contributed by atoms with E-state index >= 15 is 0 Å². The van der Waals surface area contributed by atoms with E-state index in [2.05, 4.69) is 5.10 Å². The number of halogens is 1. The van der Waals surface area contributed by atoms with E-state index in [0.29, 0.717) is 18.2 Å². The van der Waals surface area contributed by atoms with Crippen molar-refractivity contribution < 1.29 is 9.13 Å². The van der Waals surface area contributed by atoms with Gasteiger partial charge in [-0.25, -0.2) is 4.39 Å². The average Bonchev–Trinajstić information content (AvgIpc) is 2.90. The van der Waals surface area contributed by atoms with Crippen LogP contribution in [0.4, 0.5) is 4.39 Å². The molecule has 3 aliphatic rings. The third-order valence-electron chi connectivity index (χ3n) is 4.15. The van der Waals surface area contributed by atoms with Gasteiger partial charge in [-0.15, -0.1) is 0 Å². The van der Waals surface area contributed by atoms with Crippen LogP contribution >= 0.6 is 0 Å². The van der Waals surface area contributed by atoms with E-state index in [1.807, 2.05) is 18.3 Å². The highest BCUT2D eigenvalue weighted by molar-refractivity contribution is 5.57. The molecule has 0 unspecified atom stereocenters. The Labute approximate surface area is 115 Å². The normalized spacial score (nSPS) is 22.4. The summed E-state index contributed by atoms with van der Waals surface area (Å²) in [6.45, 7) is 0.502. The number of rotatable bonds is 2. The van der Waals surface area contributed by atoms with Gasteiger partial charge in [0, 0.05) is 18.0 Å². The summed E-state index contributed by atoms with van der Waals surface area (Å²) in [5, 5.41) is 13.3. The van der Waals surface area contributed by atoms with Crippen LogP contribution in [0.25, 0.3) is 0 Å². The van der Waals surface area contributed by atoms with Gasteiger partial charge >= 0.3 is 0 Å². The highest BCUT2D eigenvalue weighted by atomic mass is 19.1. The van der Waals surface area contributed by atoms with E-state index < -0.39 is 5.82 Å². The van der Waals surface area contributed by atoms with Crippen LogP contribution in [0.3, 0.4) is 0 Å².